The Hall–Kier alpha value is -2.41. The van der Waals surface area contributed by atoms with Crippen LogP contribution in [0.1, 0.15) is 32.3 Å². The SMILES string of the molecule is Cc1ccc(N2CCC(C(=O)N3CCN(CC(=O)N4CC(C)CC(C)C4)CC3)C2=O)cc1. The molecule has 0 aliphatic carbocycles. The molecule has 4 rings (SSSR count). The van der Waals surface area contributed by atoms with Crippen LogP contribution in [0.4, 0.5) is 5.69 Å². The van der Waals surface area contributed by atoms with Crippen LogP contribution in [-0.2, 0) is 14.4 Å². The van der Waals surface area contributed by atoms with Crippen molar-refractivity contribution < 1.29 is 14.4 Å². The summed E-state index contributed by atoms with van der Waals surface area (Å²) in [6.07, 6.45) is 1.75. The molecule has 0 aromatic heterocycles. The van der Waals surface area contributed by atoms with E-state index in [4.69, 9.17) is 0 Å². The molecule has 3 atom stereocenters. The van der Waals surface area contributed by atoms with Crippen molar-refractivity contribution in [3.8, 4) is 0 Å². The molecule has 3 aliphatic rings. The summed E-state index contributed by atoms with van der Waals surface area (Å²) in [5.41, 5.74) is 2.01. The van der Waals surface area contributed by atoms with Crippen LogP contribution in [0.2, 0.25) is 0 Å². The lowest BCUT2D eigenvalue weighted by Crippen LogP contribution is -2.54. The van der Waals surface area contributed by atoms with Crippen molar-refractivity contribution in [1.82, 2.24) is 14.7 Å². The summed E-state index contributed by atoms with van der Waals surface area (Å²) in [5, 5.41) is 0. The first-order valence-electron chi connectivity index (χ1n) is 12.0. The van der Waals surface area contributed by atoms with Gasteiger partial charge in [0.25, 0.3) is 0 Å². The van der Waals surface area contributed by atoms with E-state index in [1.165, 1.54) is 6.42 Å². The van der Waals surface area contributed by atoms with E-state index in [0.29, 0.717) is 57.5 Å². The number of hydrogen-bond acceptors (Lipinski definition) is 4. The monoisotopic (exact) mass is 440 g/mol. The van der Waals surface area contributed by atoms with Gasteiger partial charge >= 0.3 is 0 Å². The molecule has 3 amide bonds. The number of amides is 3. The summed E-state index contributed by atoms with van der Waals surface area (Å²) in [4.78, 5) is 46.5. The topological polar surface area (TPSA) is 64.2 Å². The summed E-state index contributed by atoms with van der Waals surface area (Å²) < 4.78 is 0. The molecule has 3 saturated heterocycles. The van der Waals surface area contributed by atoms with Crippen LogP contribution >= 0.6 is 0 Å². The molecular formula is C25H36N4O3. The van der Waals surface area contributed by atoms with E-state index in [9.17, 15) is 14.4 Å². The maximum Gasteiger partial charge on any atom is 0.239 e. The standard InChI is InChI=1S/C25H36N4O3/c1-18-4-6-21(7-5-18)29-9-8-22(25(29)32)24(31)27-12-10-26(11-13-27)17-23(30)28-15-19(2)14-20(3)16-28/h4-7,19-20,22H,8-17H2,1-3H3. The summed E-state index contributed by atoms with van der Waals surface area (Å²) in [6.45, 7) is 11.7. The Morgan fingerprint density at radius 2 is 1.53 bits per heavy atom. The van der Waals surface area contributed by atoms with Gasteiger partial charge in [-0.3, -0.25) is 19.3 Å². The lowest BCUT2D eigenvalue weighted by atomic mass is 9.92. The van der Waals surface area contributed by atoms with Crippen LogP contribution in [0.5, 0.6) is 0 Å². The van der Waals surface area contributed by atoms with Crippen LogP contribution in [0, 0.1) is 24.7 Å². The quantitative estimate of drug-likeness (QED) is 0.672. The second-order valence-electron chi connectivity index (χ2n) is 10.0. The van der Waals surface area contributed by atoms with Gasteiger partial charge in [-0.1, -0.05) is 31.5 Å². The van der Waals surface area contributed by atoms with Gasteiger partial charge in [0.05, 0.1) is 6.54 Å². The number of aryl methyl sites for hydroxylation is 1. The molecule has 0 bridgehead atoms. The van der Waals surface area contributed by atoms with Crippen molar-refractivity contribution in [2.45, 2.75) is 33.6 Å². The molecule has 3 aliphatic heterocycles. The number of likely N-dealkylation sites (tertiary alicyclic amines) is 1. The highest BCUT2D eigenvalue weighted by molar-refractivity contribution is 6.09. The number of rotatable bonds is 4. The van der Waals surface area contributed by atoms with Gasteiger partial charge in [-0.25, -0.2) is 0 Å². The Kier molecular flexibility index (Phi) is 6.84. The van der Waals surface area contributed by atoms with E-state index in [2.05, 4.69) is 18.7 Å². The third-order valence-corrected chi connectivity index (χ3v) is 7.11. The van der Waals surface area contributed by atoms with Crippen molar-refractivity contribution in [3.63, 3.8) is 0 Å². The average molecular weight is 441 g/mol. The number of carbonyl (C=O) groups excluding carboxylic acids is 3. The van der Waals surface area contributed by atoms with E-state index < -0.39 is 5.92 Å². The molecule has 0 radical (unpaired) electrons. The first-order valence-corrected chi connectivity index (χ1v) is 12.0. The van der Waals surface area contributed by atoms with Crippen molar-refractivity contribution in [2.75, 3.05) is 57.3 Å². The number of piperazine rings is 1. The third-order valence-electron chi connectivity index (χ3n) is 7.11. The molecule has 1 aromatic carbocycles. The Morgan fingerprint density at radius 1 is 0.906 bits per heavy atom. The zero-order valence-electron chi connectivity index (χ0n) is 19.6. The third kappa shape index (κ3) is 4.98. The number of hydrogen-bond donors (Lipinski definition) is 0. The molecule has 3 unspecified atom stereocenters. The summed E-state index contributed by atoms with van der Waals surface area (Å²) in [6, 6.07) is 7.87. The molecule has 7 heteroatoms. The van der Waals surface area contributed by atoms with Gasteiger partial charge in [0.2, 0.25) is 17.7 Å². The molecule has 1 aromatic rings. The van der Waals surface area contributed by atoms with Crippen molar-refractivity contribution in [1.29, 1.82) is 0 Å². The number of anilines is 1. The van der Waals surface area contributed by atoms with Gasteiger partial charge in [-0.05, 0) is 43.7 Å². The molecule has 0 N–H and O–H groups in total. The fraction of sp³-hybridized carbons (Fsp3) is 0.640. The Bertz CT molecular complexity index is 837. The highest BCUT2D eigenvalue weighted by atomic mass is 16.2. The minimum absolute atomic E-state index is 0.0609. The van der Waals surface area contributed by atoms with Gasteiger partial charge in [0.15, 0.2) is 0 Å². The van der Waals surface area contributed by atoms with E-state index in [1.807, 2.05) is 41.0 Å². The van der Waals surface area contributed by atoms with E-state index >= 15 is 0 Å². The second kappa shape index (κ2) is 9.61. The zero-order valence-corrected chi connectivity index (χ0v) is 19.6. The van der Waals surface area contributed by atoms with E-state index in [1.54, 1.807) is 4.90 Å². The normalized spacial score (nSPS) is 27.2. The lowest BCUT2D eigenvalue weighted by Gasteiger charge is -2.38. The number of benzene rings is 1. The maximum absolute atomic E-state index is 13.1. The lowest BCUT2D eigenvalue weighted by molar-refractivity contribution is -0.141. The van der Waals surface area contributed by atoms with Gasteiger partial charge < -0.3 is 14.7 Å². The Morgan fingerprint density at radius 3 is 2.16 bits per heavy atom. The maximum atomic E-state index is 13.1. The average Bonchev–Trinajstić information content (AvgIpc) is 3.15. The van der Waals surface area contributed by atoms with Gasteiger partial charge in [0, 0.05) is 51.5 Å². The van der Waals surface area contributed by atoms with Gasteiger partial charge in [-0.2, -0.15) is 0 Å². The number of piperidine rings is 1. The van der Waals surface area contributed by atoms with Gasteiger partial charge in [0.1, 0.15) is 5.92 Å². The molecular weight excluding hydrogens is 404 g/mol. The molecule has 0 spiro atoms. The molecule has 7 nitrogen and oxygen atoms in total. The van der Waals surface area contributed by atoms with Crippen LogP contribution in [-0.4, -0.2) is 84.8 Å². The van der Waals surface area contributed by atoms with E-state index in [-0.39, 0.29) is 17.7 Å². The van der Waals surface area contributed by atoms with E-state index in [0.717, 1.165) is 24.3 Å². The van der Waals surface area contributed by atoms with Crippen LogP contribution in [0.25, 0.3) is 0 Å². The van der Waals surface area contributed by atoms with Crippen LogP contribution < -0.4 is 4.90 Å². The highest BCUT2D eigenvalue weighted by Crippen LogP contribution is 2.27. The predicted molar refractivity (Wildman–Crippen MR) is 124 cm³/mol. The van der Waals surface area contributed by atoms with Crippen molar-refractivity contribution >= 4 is 23.4 Å². The molecule has 32 heavy (non-hydrogen) atoms. The Balaban J connectivity index is 1.27. The number of nitrogens with zero attached hydrogens (tertiary/aromatic N) is 4. The molecule has 174 valence electrons. The minimum atomic E-state index is -0.583. The molecule has 3 fully saturated rings. The molecule has 0 saturated carbocycles. The zero-order chi connectivity index (χ0) is 22.8. The van der Waals surface area contributed by atoms with Crippen molar-refractivity contribution in [3.05, 3.63) is 29.8 Å². The largest absolute Gasteiger partial charge is 0.341 e. The van der Waals surface area contributed by atoms with Crippen molar-refractivity contribution in [2.24, 2.45) is 17.8 Å². The first kappa shape index (κ1) is 22.8. The summed E-state index contributed by atoms with van der Waals surface area (Å²) in [5.74, 6) is 0.573. The first-order chi connectivity index (χ1) is 15.3. The Labute approximate surface area is 191 Å². The fourth-order valence-corrected chi connectivity index (χ4v) is 5.39. The predicted octanol–water partition coefficient (Wildman–Crippen LogP) is 2.00. The smallest absolute Gasteiger partial charge is 0.239 e. The van der Waals surface area contributed by atoms with Crippen LogP contribution in [0.3, 0.4) is 0 Å². The second-order valence-corrected chi connectivity index (χ2v) is 10.0. The highest BCUT2D eigenvalue weighted by Gasteiger charge is 2.40. The van der Waals surface area contributed by atoms with Gasteiger partial charge in [-0.15, -0.1) is 0 Å². The number of carbonyl (C=O) groups is 3. The minimum Gasteiger partial charge on any atom is -0.341 e. The summed E-state index contributed by atoms with van der Waals surface area (Å²) >= 11 is 0. The summed E-state index contributed by atoms with van der Waals surface area (Å²) in [7, 11) is 0. The van der Waals surface area contributed by atoms with Crippen LogP contribution in [0.15, 0.2) is 24.3 Å². The molecule has 3 heterocycles. The fourth-order valence-electron chi connectivity index (χ4n) is 5.39.